The number of fused-ring (bicyclic) bond motifs is 2. The molecular weight excluding hydrogens is 428 g/mol. The average Bonchev–Trinajstić information content (AvgIpc) is 3.44. The predicted octanol–water partition coefficient (Wildman–Crippen LogP) is 4.92. The van der Waals surface area contributed by atoms with Crippen molar-refractivity contribution in [1.82, 2.24) is 19.9 Å². The second-order valence-corrected chi connectivity index (χ2v) is 9.11. The lowest BCUT2D eigenvalue weighted by Gasteiger charge is -2.19. The van der Waals surface area contributed by atoms with Crippen LogP contribution in [0.25, 0.3) is 31.0 Å². The molecule has 2 aromatic carbocycles. The second kappa shape index (κ2) is 8.05. The van der Waals surface area contributed by atoms with Crippen LogP contribution in [-0.2, 0) is 6.54 Å². The molecular formula is C23H18N4O2S2. The van der Waals surface area contributed by atoms with Crippen molar-refractivity contribution in [2.24, 2.45) is 0 Å². The lowest BCUT2D eigenvalue weighted by molar-refractivity contribution is 0.0753. The molecule has 0 fully saturated rings. The summed E-state index contributed by atoms with van der Waals surface area (Å²) >= 11 is 3.05. The predicted molar refractivity (Wildman–Crippen MR) is 126 cm³/mol. The monoisotopic (exact) mass is 446 g/mol. The molecule has 0 radical (unpaired) electrons. The van der Waals surface area contributed by atoms with Crippen LogP contribution in [-0.4, -0.2) is 32.3 Å². The smallest absolute Gasteiger partial charge is 0.264 e. The van der Waals surface area contributed by atoms with Gasteiger partial charge in [0.2, 0.25) is 0 Å². The average molecular weight is 447 g/mol. The van der Waals surface area contributed by atoms with E-state index in [4.69, 9.17) is 0 Å². The van der Waals surface area contributed by atoms with Crippen LogP contribution < -0.4 is 5.56 Å². The molecule has 1 N–H and O–H groups in total. The third-order valence-electron chi connectivity index (χ3n) is 4.99. The third-order valence-corrected chi connectivity index (χ3v) is 7.27. The lowest BCUT2D eigenvalue weighted by atomic mass is 10.2. The SMILES string of the molecule is CCN(Cc1nc2ccccc2c(=O)[nH]1)C(=O)c1ccc(-c2nc3ccccc3s2)s1. The summed E-state index contributed by atoms with van der Waals surface area (Å²) in [5, 5.41) is 1.45. The number of aromatic amines is 1. The number of nitrogens with zero attached hydrogens (tertiary/aromatic N) is 3. The van der Waals surface area contributed by atoms with Gasteiger partial charge in [-0.25, -0.2) is 9.97 Å². The number of benzene rings is 2. The van der Waals surface area contributed by atoms with Crippen molar-refractivity contribution < 1.29 is 4.79 Å². The Bertz CT molecular complexity index is 1430. The number of carbonyl (C=O) groups excluding carboxylic acids is 1. The molecule has 0 aliphatic rings. The molecule has 0 aliphatic heterocycles. The van der Waals surface area contributed by atoms with Crippen molar-refractivity contribution in [3.8, 4) is 9.88 Å². The normalized spacial score (nSPS) is 11.3. The van der Waals surface area contributed by atoms with E-state index in [2.05, 4.69) is 15.0 Å². The van der Waals surface area contributed by atoms with E-state index in [1.807, 2.05) is 49.4 Å². The van der Waals surface area contributed by atoms with Gasteiger partial charge in [0.25, 0.3) is 11.5 Å². The molecule has 154 valence electrons. The van der Waals surface area contributed by atoms with Gasteiger partial charge in [-0.15, -0.1) is 22.7 Å². The van der Waals surface area contributed by atoms with E-state index in [0.29, 0.717) is 28.1 Å². The molecule has 1 amide bonds. The minimum absolute atomic E-state index is 0.0873. The maximum atomic E-state index is 13.1. The topological polar surface area (TPSA) is 79.0 Å². The largest absolute Gasteiger partial charge is 0.331 e. The molecule has 0 unspecified atom stereocenters. The zero-order valence-corrected chi connectivity index (χ0v) is 18.3. The van der Waals surface area contributed by atoms with Crippen LogP contribution in [0, 0.1) is 0 Å². The van der Waals surface area contributed by atoms with Crippen LogP contribution in [0.15, 0.2) is 65.5 Å². The zero-order valence-electron chi connectivity index (χ0n) is 16.7. The molecule has 3 heterocycles. The molecule has 0 aliphatic carbocycles. The van der Waals surface area contributed by atoms with E-state index in [1.54, 1.807) is 34.4 Å². The van der Waals surface area contributed by atoms with Gasteiger partial charge in [-0.05, 0) is 43.3 Å². The number of rotatable bonds is 5. The minimum atomic E-state index is -0.196. The van der Waals surface area contributed by atoms with Crippen LogP contribution >= 0.6 is 22.7 Å². The first-order chi connectivity index (χ1) is 15.1. The van der Waals surface area contributed by atoms with Gasteiger partial charge >= 0.3 is 0 Å². The Balaban J connectivity index is 1.40. The van der Waals surface area contributed by atoms with Gasteiger partial charge in [-0.1, -0.05) is 24.3 Å². The van der Waals surface area contributed by atoms with Gasteiger partial charge < -0.3 is 9.88 Å². The summed E-state index contributed by atoms with van der Waals surface area (Å²) in [4.78, 5) is 40.8. The van der Waals surface area contributed by atoms with Crippen LogP contribution in [0.3, 0.4) is 0 Å². The van der Waals surface area contributed by atoms with Crippen molar-refractivity contribution in [2.75, 3.05) is 6.54 Å². The van der Waals surface area contributed by atoms with Crippen LogP contribution in [0.2, 0.25) is 0 Å². The Hall–Kier alpha value is -3.36. The zero-order chi connectivity index (χ0) is 21.4. The summed E-state index contributed by atoms with van der Waals surface area (Å²) in [5.74, 6) is 0.387. The molecule has 0 saturated heterocycles. The molecule has 3 aromatic heterocycles. The number of H-pyrrole nitrogens is 1. The Morgan fingerprint density at radius 1 is 0.968 bits per heavy atom. The quantitative estimate of drug-likeness (QED) is 0.415. The number of nitrogens with one attached hydrogen (secondary N) is 1. The first-order valence-electron chi connectivity index (χ1n) is 9.85. The van der Waals surface area contributed by atoms with Gasteiger partial charge in [0.15, 0.2) is 0 Å². The molecule has 5 aromatic rings. The number of thiazole rings is 1. The van der Waals surface area contributed by atoms with E-state index < -0.39 is 0 Å². The first kappa shape index (κ1) is 19.6. The van der Waals surface area contributed by atoms with Crippen molar-refractivity contribution in [2.45, 2.75) is 13.5 Å². The fourth-order valence-electron chi connectivity index (χ4n) is 3.42. The van der Waals surface area contributed by atoms with E-state index >= 15 is 0 Å². The highest BCUT2D eigenvalue weighted by molar-refractivity contribution is 7.26. The van der Waals surface area contributed by atoms with Crippen molar-refractivity contribution in [3.63, 3.8) is 0 Å². The van der Waals surface area contributed by atoms with E-state index in [0.717, 1.165) is 20.1 Å². The highest BCUT2D eigenvalue weighted by atomic mass is 32.1. The number of thiophene rings is 1. The van der Waals surface area contributed by atoms with Gasteiger partial charge in [-0.2, -0.15) is 0 Å². The molecule has 31 heavy (non-hydrogen) atoms. The summed E-state index contributed by atoms with van der Waals surface area (Å²) in [6, 6.07) is 19.0. The number of hydrogen-bond donors (Lipinski definition) is 1. The van der Waals surface area contributed by atoms with Crippen LogP contribution in [0.1, 0.15) is 22.4 Å². The van der Waals surface area contributed by atoms with E-state index in [1.165, 1.54) is 11.3 Å². The summed E-state index contributed by atoms with van der Waals surface area (Å²) in [5.41, 5.74) is 1.39. The summed E-state index contributed by atoms with van der Waals surface area (Å²) in [6.45, 7) is 2.66. The molecule has 6 nitrogen and oxygen atoms in total. The first-order valence-corrected chi connectivity index (χ1v) is 11.5. The lowest BCUT2D eigenvalue weighted by Crippen LogP contribution is -2.31. The second-order valence-electron chi connectivity index (χ2n) is 7.00. The highest BCUT2D eigenvalue weighted by Gasteiger charge is 2.19. The number of hydrogen-bond acceptors (Lipinski definition) is 6. The maximum absolute atomic E-state index is 13.1. The summed E-state index contributed by atoms with van der Waals surface area (Å²) < 4.78 is 1.13. The molecule has 0 saturated carbocycles. The van der Waals surface area contributed by atoms with Gasteiger partial charge in [0.1, 0.15) is 10.8 Å². The molecule has 0 atom stereocenters. The summed E-state index contributed by atoms with van der Waals surface area (Å²) in [7, 11) is 0. The van der Waals surface area contributed by atoms with Gasteiger partial charge in [0.05, 0.1) is 37.4 Å². The summed E-state index contributed by atoms with van der Waals surface area (Å²) in [6.07, 6.45) is 0. The number of carbonyl (C=O) groups is 1. The van der Waals surface area contributed by atoms with Gasteiger partial charge in [0, 0.05) is 6.54 Å². The maximum Gasteiger partial charge on any atom is 0.264 e. The molecule has 5 rings (SSSR count). The Labute approximate surface area is 185 Å². The standard InChI is InChI=1S/C23H18N4O2S2/c1-2-27(13-20-24-15-8-4-3-7-14(15)21(28)26-20)23(29)19-12-11-18(30-19)22-25-16-9-5-6-10-17(16)31-22/h3-12H,2,13H2,1H3,(H,24,26,28). The van der Waals surface area contributed by atoms with Gasteiger partial charge in [-0.3, -0.25) is 9.59 Å². The number of para-hydroxylation sites is 2. The fraction of sp³-hybridized carbons (Fsp3) is 0.130. The third kappa shape index (κ3) is 3.75. The highest BCUT2D eigenvalue weighted by Crippen LogP contribution is 2.34. The van der Waals surface area contributed by atoms with Crippen molar-refractivity contribution >= 4 is 49.7 Å². The number of amides is 1. The Kier molecular flexibility index (Phi) is 5.09. The molecule has 8 heteroatoms. The number of aromatic nitrogens is 3. The molecule has 0 bridgehead atoms. The van der Waals surface area contributed by atoms with E-state index in [9.17, 15) is 9.59 Å². The van der Waals surface area contributed by atoms with Crippen LogP contribution in [0.4, 0.5) is 0 Å². The van der Waals surface area contributed by atoms with Crippen molar-refractivity contribution in [1.29, 1.82) is 0 Å². The fourth-order valence-corrected chi connectivity index (χ4v) is 5.41. The Morgan fingerprint density at radius 2 is 1.74 bits per heavy atom. The van der Waals surface area contributed by atoms with Crippen LogP contribution in [0.5, 0.6) is 0 Å². The molecule has 0 spiro atoms. The Morgan fingerprint density at radius 3 is 2.55 bits per heavy atom. The van der Waals surface area contributed by atoms with Crippen molar-refractivity contribution in [3.05, 3.63) is 81.7 Å². The van der Waals surface area contributed by atoms with E-state index in [-0.39, 0.29) is 18.0 Å². The minimum Gasteiger partial charge on any atom is -0.331 e.